The predicted octanol–water partition coefficient (Wildman–Crippen LogP) is 1.68. The number of carbonyl (C=O) groups excluding carboxylic acids is 1. The van der Waals surface area contributed by atoms with Gasteiger partial charge < -0.3 is 10.6 Å². The average molecular weight is 270 g/mol. The van der Waals surface area contributed by atoms with Crippen LogP contribution in [0.3, 0.4) is 0 Å². The van der Waals surface area contributed by atoms with Gasteiger partial charge in [-0.25, -0.2) is 0 Å². The summed E-state index contributed by atoms with van der Waals surface area (Å²) in [5.74, 6) is -0.0589. The van der Waals surface area contributed by atoms with Crippen LogP contribution < -0.4 is 5.73 Å². The van der Waals surface area contributed by atoms with E-state index >= 15 is 0 Å². The molecule has 2 aromatic rings. The van der Waals surface area contributed by atoms with Crippen molar-refractivity contribution >= 4 is 11.6 Å². The molecule has 0 atom stereocenters. The van der Waals surface area contributed by atoms with Gasteiger partial charge in [-0.2, -0.15) is 0 Å². The minimum absolute atomic E-state index is 0.0589. The van der Waals surface area contributed by atoms with Crippen molar-refractivity contribution in [3.63, 3.8) is 0 Å². The first-order valence-electron chi connectivity index (χ1n) is 6.44. The number of pyridine rings is 2. The number of carbonyl (C=O) groups is 1. The lowest BCUT2D eigenvalue weighted by atomic mass is 10.1. The van der Waals surface area contributed by atoms with Crippen LogP contribution in [0, 0.1) is 6.92 Å². The summed E-state index contributed by atoms with van der Waals surface area (Å²) in [6.07, 6.45) is 5.86. The van der Waals surface area contributed by atoms with Gasteiger partial charge in [0.1, 0.15) is 0 Å². The van der Waals surface area contributed by atoms with Crippen LogP contribution in [0.2, 0.25) is 0 Å². The van der Waals surface area contributed by atoms with Crippen molar-refractivity contribution in [1.82, 2.24) is 14.9 Å². The number of hydrogen-bond acceptors (Lipinski definition) is 4. The van der Waals surface area contributed by atoms with Crippen LogP contribution in [0.1, 0.15) is 21.6 Å². The molecule has 2 N–H and O–H groups in total. The van der Waals surface area contributed by atoms with Crippen molar-refractivity contribution < 1.29 is 4.79 Å². The maximum atomic E-state index is 12.4. The molecule has 5 nitrogen and oxygen atoms in total. The Morgan fingerprint density at radius 2 is 2.05 bits per heavy atom. The van der Waals surface area contributed by atoms with E-state index in [0.29, 0.717) is 23.5 Å². The van der Waals surface area contributed by atoms with Crippen LogP contribution in [0.15, 0.2) is 36.8 Å². The summed E-state index contributed by atoms with van der Waals surface area (Å²) < 4.78 is 0. The van der Waals surface area contributed by atoms with E-state index < -0.39 is 0 Å². The molecule has 2 heterocycles. The third-order valence-corrected chi connectivity index (χ3v) is 3.17. The molecule has 0 aliphatic heterocycles. The second-order valence-corrected chi connectivity index (χ2v) is 4.73. The molecule has 0 spiro atoms. The molecule has 5 heteroatoms. The molecule has 0 unspecified atom stereocenters. The van der Waals surface area contributed by atoms with Gasteiger partial charge in [-0.3, -0.25) is 14.8 Å². The Morgan fingerprint density at radius 3 is 2.75 bits per heavy atom. The second-order valence-electron chi connectivity index (χ2n) is 4.73. The van der Waals surface area contributed by atoms with Gasteiger partial charge in [-0.1, -0.05) is 0 Å². The molecular formula is C15H18N4O. The molecule has 2 rings (SSSR count). The first kappa shape index (κ1) is 14.0. The number of likely N-dealkylation sites (N-methyl/N-ethyl adjacent to an activating group) is 1. The maximum absolute atomic E-state index is 12.4. The van der Waals surface area contributed by atoms with Crippen LogP contribution in [-0.4, -0.2) is 34.4 Å². The van der Waals surface area contributed by atoms with E-state index in [1.54, 1.807) is 36.6 Å². The van der Waals surface area contributed by atoms with E-state index in [-0.39, 0.29) is 5.91 Å². The number of nitrogens with zero attached hydrogens (tertiary/aromatic N) is 3. The molecule has 20 heavy (non-hydrogen) atoms. The Morgan fingerprint density at radius 1 is 1.35 bits per heavy atom. The van der Waals surface area contributed by atoms with Crippen molar-refractivity contribution in [1.29, 1.82) is 0 Å². The lowest BCUT2D eigenvalue weighted by molar-refractivity contribution is 0.0795. The van der Waals surface area contributed by atoms with Crippen LogP contribution in [-0.2, 0) is 6.42 Å². The molecule has 0 fully saturated rings. The van der Waals surface area contributed by atoms with Crippen molar-refractivity contribution in [2.45, 2.75) is 13.3 Å². The SMILES string of the molecule is Cc1ncc(N)cc1C(=O)N(C)CCc1ccncc1. The molecule has 0 aliphatic carbocycles. The van der Waals surface area contributed by atoms with Crippen molar-refractivity contribution in [2.24, 2.45) is 0 Å². The van der Waals surface area contributed by atoms with Gasteiger partial charge in [0.05, 0.1) is 23.1 Å². The summed E-state index contributed by atoms with van der Waals surface area (Å²) in [6.45, 7) is 2.44. The number of hydrogen-bond donors (Lipinski definition) is 1. The normalized spacial score (nSPS) is 10.3. The molecule has 0 bridgehead atoms. The summed E-state index contributed by atoms with van der Waals surface area (Å²) in [7, 11) is 1.78. The number of rotatable bonds is 4. The number of aryl methyl sites for hydroxylation is 1. The Kier molecular flexibility index (Phi) is 4.30. The molecule has 2 aromatic heterocycles. The summed E-state index contributed by atoms with van der Waals surface area (Å²) in [6, 6.07) is 5.57. The smallest absolute Gasteiger partial charge is 0.255 e. The molecule has 0 saturated carbocycles. The van der Waals surface area contributed by atoms with Crippen LogP contribution in [0.5, 0.6) is 0 Å². The summed E-state index contributed by atoms with van der Waals surface area (Å²) >= 11 is 0. The largest absolute Gasteiger partial charge is 0.397 e. The molecule has 0 radical (unpaired) electrons. The molecule has 104 valence electrons. The third-order valence-electron chi connectivity index (χ3n) is 3.17. The highest BCUT2D eigenvalue weighted by Crippen LogP contribution is 2.12. The van der Waals surface area contributed by atoms with Gasteiger partial charge in [0.15, 0.2) is 0 Å². The highest BCUT2D eigenvalue weighted by Gasteiger charge is 2.15. The highest BCUT2D eigenvalue weighted by atomic mass is 16.2. The quantitative estimate of drug-likeness (QED) is 0.917. The Balaban J connectivity index is 2.03. The third kappa shape index (κ3) is 3.32. The Bertz CT molecular complexity index is 598. The van der Waals surface area contributed by atoms with Crippen molar-refractivity contribution in [3.05, 3.63) is 53.6 Å². The van der Waals surface area contributed by atoms with Crippen molar-refractivity contribution in [2.75, 3.05) is 19.3 Å². The van der Waals surface area contributed by atoms with E-state index in [4.69, 9.17) is 5.73 Å². The topological polar surface area (TPSA) is 72.1 Å². The zero-order valence-corrected chi connectivity index (χ0v) is 11.7. The average Bonchev–Trinajstić information content (AvgIpc) is 2.47. The number of nitrogens with two attached hydrogens (primary N) is 1. The van der Waals surface area contributed by atoms with Gasteiger partial charge in [0, 0.05) is 26.0 Å². The van der Waals surface area contributed by atoms with E-state index in [1.165, 1.54) is 0 Å². The van der Waals surface area contributed by atoms with Gasteiger partial charge in [0.2, 0.25) is 0 Å². The minimum atomic E-state index is -0.0589. The number of anilines is 1. The summed E-state index contributed by atoms with van der Waals surface area (Å²) in [4.78, 5) is 22.1. The predicted molar refractivity (Wildman–Crippen MR) is 78.3 cm³/mol. The Hall–Kier alpha value is -2.43. The fourth-order valence-electron chi connectivity index (χ4n) is 1.92. The molecule has 0 aliphatic rings. The Labute approximate surface area is 118 Å². The molecule has 1 amide bonds. The summed E-state index contributed by atoms with van der Waals surface area (Å²) in [5.41, 5.74) is 8.60. The second kappa shape index (κ2) is 6.14. The lowest BCUT2D eigenvalue weighted by Crippen LogP contribution is -2.29. The monoisotopic (exact) mass is 270 g/mol. The highest BCUT2D eigenvalue weighted by molar-refractivity contribution is 5.95. The fraction of sp³-hybridized carbons (Fsp3) is 0.267. The number of aromatic nitrogens is 2. The zero-order chi connectivity index (χ0) is 14.5. The van der Waals surface area contributed by atoms with E-state index in [1.807, 2.05) is 19.1 Å². The standard InChI is InChI=1S/C15H18N4O/c1-11-14(9-13(16)10-18-11)15(20)19(2)8-5-12-3-6-17-7-4-12/h3-4,6-7,9-10H,5,8,16H2,1-2H3. The van der Waals surface area contributed by atoms with Gasteiger partial charge in [-0.05, 0) is 37.1 Å². The van der Waals surface area contributed by atoms with Gasteiger partial charge in [0.25, 0.3) is 5.91 Å². The minimum Gasteiger partial charge on any atom is -0.397 e. The first-order chi connectivity index (χ1) is 9.58. The fourth-order valence-corrected chi connectivity index (χ4v) is 1.92. The maximum Gasteiger partial charge on any atom is 0.255 e. The van der Waals surface area contributed by atoms with Crippen LogP contribution >= 0.6 is 0 Å². The van der Waals surface area contributed by atoms with E-state index in [2.05, 4.69) is 9.97 Å². The molecule has 0 saturated heterocycles. The zero-order valence-electron chi connectivity index (χ0n) is 11.7. The van der Waals surface area contributed by atoms with E-state index in [0.717, 1.165) is 12.0 Å². The first-order valence-corrected chi connectivity index (χ1v) is 6.44. The van der Waals surface area contributed by atoms with Crippen LogP contribution in [0.4, 0.5) is 5.69 Å². The molecular weight excluding hydrogens is 252 g/mol. The summed E-state index contributed by atoms with van der Waals surface area (Å²) in [5, 5.41) is 0. The molecule has 0 aromatic carbocycles. The van der Waals surface area contributed by atoms with Crippen molar-refractivity contribution in [3.8, 4) is 0 Å². The number of amides is 1. The lowest BCUT2D eigenvalue weighted by Gasteiger charge is -2.18. The van der Waals surface area contributed by atoms with Crippen LogP contribution in [0.25, 0.3) is 0 Å². The number of nitrogen functional groups attached to an aromatic ring is 1. The van der Waals surface area contributed by atoms with E-state index in [9.17, 15) is 4.79 Å². The van der Waals surface area contributed by atoms with Gasteiger partial charge in [-0.15, -0.1) is 0 Å². The van der Waals surface area contributed by atoms with Gasteiger partial charge >= 0.3 is 0 Å².